The first-order valence-electron chi connectivity index (χ1n) is 4.67. The van der Waals surface area contributed by atoms with Gasteiger partial charge in [0.2, 0.25) is 0 Å². The maximum absolute atomic E-state index is 10.0. The van der Waals surface area contributed by atoms with Crippen molar-refractivity contribution in [3.8, 4) is 0 Å². The van der Waals surface area contributed by atoms with Gasteiger partial charge >= 0.3 is 5.97 Å². The second-order valence-corrected chi connectivity index (χ2v) is 2.94. The van der Waals surface area contributed by atoms with Crippen molar-refractivity contribution in [2.75, 3.05) is 0 Å². The summed E-state index contributed by atoms with van der Waals surface area (Å²) in [4.78, 5) is 10.0. The average Bonchev–Trinajstić information content (AvgIpc) is 2.02. The van der Waals surface area contributed by atoms with E-state index in [4.69, 9.17) is 5.11 Å². The predicted molar refractivity (Wildman–Crippen MR) is 53.8 cm³/mol. The fraction of sp³-hybridized carbons (Fsp3) is 0.700. The molecule has 0 saturated carbocycles. The van der Waals surface area contributed by atoms with Crippen molar-refractivity contribution in [3.63, 3.8) is 0 Å². The van der Waals surface area contributed by atoms with E-state index >= 15 is 0 Å². The Morgan fingerprint density at radius 2 is 1.85 bits per heavy atom. The zero-order valence-corrected chi connectivity index (χ0v) is 8.25. The van der Waals surface area contributed by atoms with Crippen LogP contribution in [0.15, 0.2) is 12.2 Å². The molecule has 0 radical (unpaired) electrons. The van der Waals surface area contributed by atoms with Crippen molar-refractivity contribution in [2.24, 2.45) is 0 Å². The molecule has 0 aromatic heterocycles. The number of carbonyl (C=O) groups is 1. The van der Waals surface area contributed by atoms with E-state index in [9.17, 15) is 4.79 Å². The van der Waals surface area contributed by atoms with Crippen molar-refractivity contribution >= 4 is 5.97 Å². The highest BCUT2D eigenvalue weighted by molar-refractivity contribution is 5.79. The number of aliphatic carboxylic acids is 1. The van der Waals surface area contributed by atoms with Crippen molar-refractivity contribution < 1.29 is 15.4 Å². The maximum atomic E-state index is 10.0. The first kappa shape index (κ1) is 14.7. The van der Waals surface area contributed by atoms with Gasteiger partial charge in [0.05, 0.1) is 0 Å². The van der Waals surface area contributed by atoms with E-state index in [1.54, 1.807) is 6.08 Å². The molecule has 0 aliphatic carbocycles. The van der Waals surface area contributed by atoms with Gasteiger partial charge in [-0.05, 0) is 12.8 Å². The molecular weight excluding hydrogens is 168 g/mol. The minimum Gasteiger partial charge on any atom is -0.478 e. The van der Waals surface area contributed by atoms with Gasteiger partial charge in [-0.25, -0.2) is 4.79 Å². The number of rotatable bonds is 7. The molecule has 0 unspecified atom stereocenters. The molecule has 0 rings (SSSR count). The molecule has 78 valence electrons. The molecule has 13 heavy (non-hydrogen) atoms. The third-order valence-electron chi connectivity index (χ3n) is 1.73. The van der Waals surface area contributed by atoms with Gasteiger partial charge in [-0.3, -0.25) is 0 Å². The number of hydrogen-bond donors (Lipinski definition) is 1. The molecular formula is C10H20O3. The molecule has 0 fully saturated rings. The molecule has 0 saturated heterocycles. The van der Waals surface area contributed by atoms with Crippen LogP contribution in [-0.2, 0) is 4.79 Å². The normalized spacial score (nSPS) is 9.92. The fourth-order valence-corrected chi connectivity index (χ4v) is 1.05. The Morgan fingerprint density at radius 3 is 2.38 bits per heavy atom. The van der Waals surface area contributed by atoms with Crippen LogP contribution in [0.25, 0.3) is 0 Å². The standard InChI is InChI=1S/C10H18O2.H2O/c1-2-3-4-5-6-7-8-9-10(11)12;/h8-9H,2-7H2,1H3,(H,11,12);1H2. The Labute approximate surface area is 79.8 Å². The first-order valence-corrected chi connectivity index (χ1v) is 4.67. The molecule has 0 amide bonds. The summed E-state index contributed by atoms with van der Waals surface area (Å²) in [6, 6.07) is 0. The summed E-state index contributed by atoms with van der Waals surface area (Å²) < 4.78 is 0. The average molecular weight is 188 g/mol. The number of carboxylic acids is 1. The van der Waals surface area contributed by atoms with Crippen molar-refractivity contribution in [3.05, 3.63) is 12.2 Å². The van der Waals surface area contributed by atoms with Crippen LogP contribution in [0.3, 0.4) is 0 Å². The van der Waals surface area contributed by atoms with Crippen LogP contribution in [0.4, 0.5) is 0 Å². The van der Waals surface area contributed by atoms with Crippen molar-refractivity contribution in [1.82, 2.24) is 0 Å². The summed E-state index contributed by atoms with van der Waals surface area (Å²) in [6.07, 6.45) is 10.0. The Morgan fingerprint density at radius 1 is 1.23 bits per heavy atom. The minimum atomic E-state index is -0.844. The van der Waals surface area contributed by atoms with Crippen LogP contribution < -0.4 is 0 Å². The van der Waals surface area contributed by atoms with Crippen LogP contribution >= 0.6 is 0 Å². The van der Waals surface area contributed by atoms with Crippen LogP contribution in [-0.4, -0.2) is 16.6 Å². The molecule has 3 heteroatoms. The van der Waals surface area contributed by atoms with E-state index in [1.807, 2.05) is 0 Å². The van der Waals surface area contributed by atoms with E-state index in [0.717, 1.165) is 12.8 Å². The minimum absolute atomic E-state index is 0. The monoisotopic (exact) mass is 188 g/mol. The van der Waals surface area contributed by atoms with Crippen LogP contribution in [0.2, 0.25) is 0 Å². The van der Waals surface area contributed by atoms with Gasteiger partial charge in [-0.1, -0.05) is 38.7 Å². The zero-order chi connectivity index (χ0) is 9.23. The highest BCUT2D eigenvalue weighted by Gasteiger charge is 1.87. The molecule has 0 spiro atoms. The molecule has 0 aliphatic heterocycles. The number of allylic oxidation sites excluding steroid dienone is 1. The molecule has 0 aromatic carbocycles. The lowest BCUT2D eigenvalue weighted by Crippen LogP contribution is -1.85. The molecule has 3 N–H and O–H groups in total. The van der Waals surface area contributed by atoms with Gasteiger partial charge < -0.3 is 10.6 Å². The second-order valence-electron chi connectivity index (χ2n) is 2.94. The van der Waals surface area contributed by atoms with E-state index in [1.165, 1.54) is 31.8 Å². The summed E-state index contributed by atoms with van der Waals surface area (Å²) in [7, 11) is 0. The summed E-state index contributed by atoms with van der Waals surface area (Å²) in [5, 5.41) is 8.27. The Kier molecular flexibility index (Phi) is 12.6. The van der Waals surface area contributed by atoms with Gasteiger partial charge in [0, 0.05) is 6.08 Å². The zero-order valence-electron chi connectivity index (χ0n) is 8.25. The molecule has 0 heterocycles. The Balaban J connectivity index is 0. The molecule has 0 aromatic rings. The highest BCUT2D eigenvalue weighted by atomic mass is 16.4. The van der Waals surface area contributed by atoms with E-state index in [0.29, 0.717) is 0 Å². The third kappa shape index (κ3) is 14.1. The summed E-state index contributed by atoms with van der Waals surface area (Å²) >= 11 is 0. The second kappa shape index (κ2) is 11.2. The largest absolute Gasteiger partial charge is 0.478 e. The fourth-order valence-electron chi connectivity index (χ4n) is 1.05. The van der Waals surface area contributed by atoms with Crippen molar-refractivity contribution in [1.29, 1.82) is 0 Å². The summed E-state index contributed by atoms with van der Waals surface area (Å²) in [6.45, 7) is 2.18. The van der Waals surface area contributed by atoms with E-state index in [2.05, 4.69) is 6.92 Å². The van der Waals surface area contributed by atoms with Gasteiger partial charge in [-0.15, -0.1) is 0 Å². The number of unbranched alkanes of at least 4 members (excludes halogenated alkanes) is 5. The quantitative estimate of drug-likeness (QED) is 0.491. The SMILES string of the molecule is CCCCCCCC=CC(=O)O.O. The lowest BCUT2D eigenvalue weighted by atomic mass is 10.1. The van der Waals surface area contributed by atoms with Crippen molar-refractivity contribution in [2.45, 2.75) is 45.4 Å². The van der Waals surface area contributed by atoms with E-state index in [-0.39, 0.29) is 5.48 Å². The third-order valence-corrected chi connectivity index (χ3v) is 1.73. The van der Waals surface area contributed by atoms with Gasteiger partial charge in [0.15, 0.2) is 0 Å². The highest BCUT2D eigenvalue weighted by Crippen LogP contribution is 2.04. The topological polar surface area (TPSA) is 68.8 Å². The Hall–Kier alpha value is -0.830. The van der Waals surface area contributed by atoms with Gasteiger partial charge in [0.25, 0.3) is 0 Å². The summed E-state index contributed by atoms with van der Waals surface area (Å²) in [5.41, 5.74) is 0. The van der Waals surface area contributed by atoms with Crippen LogP contribution in [0.1, 0.15) is 45.4 Å². The number of carboxylic acid groups (broad SMARTS) is 1. The van der Waals surface area contributed by atoms with Crippen LogP contribution in [0, 0.1) is 0 Å². The van der Waals surface area contributed by atoms with Gasteiger partial charge in [0.1, 0.15) is 0 Å². The predicted octanol–water partition coefficient (Wildman–Crippen LogP) is 2.16. The lowest BCUT2D eigenvalue weighted by molar-refractivity contribution is -0.131. The van der Waals surface area contributed by atoms with Gasteiger partial charge in [-0.2, -0.15) is 0 Å². The molecule has 0 atom stereocenters. The molecule has 0 aliphatic rings. The summed E-state index contributed by atoms with van der Waals surface area (Å²) in [5.74, 6) is -0.844. The first-order chi connectivity index (χ1) is 5.77. The van der Waals surface area contributed by atoms with E-state index < -0.39 is 5.97 Å². The lowest BCUT2D eigenvalue weighted by Gasteiger charge is -1.95. The smallest absolute Gasteiger partial charge is 0.327 e. The maximum Gasteiger partial charge on any atom is 0.327 e. The Bertz CT molecular complexity index is 141. The number of hydrogen-bond acceptors (Lipinski definition) is 1. The van der Waals surface area contributed by atoms with Crippen LogP contribution in [0.5, 0.6) is 0 Å². The molecule has 0 bridgehead atoms. The molecule has 3 nitrogen and oxygen atoms in total.